The molecule has 0 fully saturated rings. The van der Waals surface area contributed by atoms with Gasteiger partial charge in [-0.25, -0.2) is 4.98 Å². The number of benzene rings is 1. The third-order valence-corrected chi connectivity index (χ3v) is 3.79. The van der Waals surface area contributed by atoms with E-state index in [-0.39, 0.29) is 11.5 Å². The number of hydrogen-bond donors (Lipinski definition) is 1. The minimum absolute atomic E-state index is 0.163. The minimum Gasteiger partial charge on any atom is -0.406 e. The quantitative estimate of drug-likeness (QED) is 0.439. The van der Waals surface area contributed by atoms with Gasteiger partial charge in [0.1, 0.15) is 21.5 Å². The zero-order valence-corrected chi connectivity index (χ0v) is 13.8. The second kappa shape index (κ2) is 6.97. The molecule has 2 rings (SSSR count). The number of pyridine rings is 1. The van der Waals surface area contributed by atoms with E-state index in [9.17, 15) is 26.3 Å². The van der Waals surface area contributed by atoms with E-state index in [2.05, 4.69) is 15.0 Å². The molecule has 0 saturated carbocycles. The van der Waals surface area contributed by atoms with Crippen molar-refractivity contribution in [2.75, 3.05) is 5.32 Å². The third-order valence-electron chi connectivity index (χ3n) is 2.67. The van der Waals surface area contributed by atoms with Crippen molar-refractivity contribution in [1.82, 2.24) is 4.98 Å². The molecule has 0 saturated heterocycles. The predicted molar refractivity (Wildman–Crippen MR) is 80.7 cm³/mol. The van der Waals surface area contributed by atoms with Crippen LogP contribution in [0.15, 0.2) is 24.3 Å². The maximum Gasteiger partial charge on any atom is 0.573 e. The maximum absolute atomic E-state index is 12.8. The number of hydrogen-bond acceptors (Lipinski definition) is 3. The van der Waals surface area contributed by atoms with Gasteiger partial charge >= 0.3 is 12.5 Å². The molecule has 25 heavy (non-hydrogen) atoms. The number of ether oxygens (including phenoxy) is 1. The molecule has 0 unspecified atom stereocenters. The highest BCUT2D eigenvalue weighted by Gasteiger charge is 2.38. The van der Waals surface area contributed by atoms with Gasteiger partial charge in [0.15, 0.2) is 5.82 Å². The minimum atomic E-state index is -4.86. The van der Waals surface area contributed by atoms with E-state index in [0.717, 1.165) is 12.1 Å². The summed E-state index contributed by atoms with van der Waals surface area (Å²) in [7, 11) is 0. The fourth-order valence-corrected chi connectivity index (χ4v) is 2.51. The first-order chi connectivity index (χ1) is 11.4. The van der Waals surface area contributed by atoms with E-state index in [1.54, 1.807) is 0 Å². The molecule has 1 N–H and O–H groups in total. The van der Waals surface area contributed by atoms with Crippen LogP contribution in [0, 0.1) is 0 Å². The Labute approximate surface area is 151 Å². The lowest BCUT2D eigenvalue weighted by atomic mass is 10.2. The van der Waals surface area contributed by atoms with Crippen molar-refractivity contribution in [3.8, 4) is 5.75 Å². The van der Waals surface area contributed by atoms with Gasteiger partial charge in [-0.1, -0.05) is 34.8 Å². The highest BCUT2D eigenvalue weighted by Crippen LogP contribution is 2.44. The van der Waals surface area contributed by atoms with Crippen molar-refractivity contribution < 1.29 is 31.1 Å². The van der Waals surface area contributed by atoms with Crippen LogP contribution >= 0.6 is 34.8 Å². The Bertz CT molecular complexity index is 777. The fraction of sp³-hybridized carbons (Fsp3) is 0.154. The maximum atomic E-state index is 12.8. The Hall–Kier alpha value is -1.58. The molecule has 12 heteroatoms. The average Bonchev–Trinajstić information content (AvgIpc) is 2.43. The molecule has 0 aliphatic rings. The Morgan fingerprint density at radius 1 is 0.880 bits per heavy atom. The summed E-state index contributed by atoms with van der Waals surface area (Å²) in [6, 6.07) is 4.30. The number of rotatable bonds is 3. The van der Waals surface area contributed by atoms with Gasteiger partial charge in [-0.15, -0.1) is 13.2 Å². The normalized spacial score (nSPS) is 12.2. The molecule has 2 aromatic rings. The Balaban J connectivity index is 2.29. The molecule has 3 nitrogen and oxygen atoms in total. The van der Waals surface area contributed by atoms with E-state index >= 15 is 0 Å². The van der Waals surface area contributed by atoms with E-state index in [1.165, 1.54) is 12.1 Å². The fourth-order valence-electron chi connectivity index (χ4n) is 1.71. The Kier molecular flexibility index (Phi) is 5.50. The smallest absolute Gasteiger partial charge is 0.406 e. The van der Waals surface area contributed by atoms with Crippen molar-refractivity contribution in [3.05, 3.63) is 45.0 Å². The Morgan fingerprint density at radius 2 is 1.44 bits per heavy atom. The summed E-state index contributed by atoms with van der Waals surface area (Å²) >= 11 is 16.8. The first kappa shape index (κ1) is 19.7. The summed E-state index contributed by atoms with van der Waals surface area (Å²) in [6.45, 7) is 0. The number of nitrogens with one attached hydrogen (secondary N) is 1. The van der Waals surface area contributed by atoms with Crippen molar-refractivity contribution in [1.29, 1.82) is 0 Å². The summed E-state index contributed by atoms with van der Waals surface area (Å²) in [5.74, 6) is -0.783. The second-order valence-electron chi connectivity index (χ2n) is 4.45. The third kappa shape index (κ3) is 4.96. The van der Waals surface area contributed by atoms with Gasteiger partial charge in [0.05, 0.1) is 5.02 Å². The van der Waals surface area contributed by atoms with Crippen LogP contribution in [0.2, 0.25) is 15.2 Å². The van der Waals surface area contributed by atoms with Crippen LogP contribution in [-0.2, 0) is 6.18 Å². The lowest BCUT2D eigenvalue weighted by Gasteiger charge is -2.15. The highest BCUT2D eigenvalue weighted by atomic mass is 35.5. The van der Waals surface area contributed by atoms with Crippen LogP contribution in [0.5, 0.6) is 5.75 Å². The van der Waals surface area contributed by atoms with Crippen molar-refractivity contribution in [2.45, 2.75) is 12.5 Å². The summed E-state index contributed by atoms with van der Waals surface area (Å²) in [5.41, 5.74) is -1.23. The molecule has 0 radical (unpaired) electrons. The number of anilines is 2. The molecule has 1 aromatic carbocycles. The van der Waals surface area contributed by atoms with Crippen molar-refractivity contribution in [3.63, 3.8) is 0 Å². The van der Waals surface area contributed by atoms with E-state index in [1.807, 2.05) is 0 Å². The van der Waals surface area contributed by atoms with Gasteiger partial charge < -0.3 is 10.1 Å². The molecule has 0 aliphatic carbocycles. The van der Waals surface area contributed by atoms with Crippen molar-refractivity contribution >= 4 is 46.3 Å². The number of alkyl halides is 6. The molecule has 0 bridgehead atoms. The zero-order chi connectivity index (χ0) is 19.0. The van der Waals surface area contributed by atoms with Crippen LogP contribution < -0.4 is 10.1 Å². The number of halogens is 9. The van der Waals surface area contributed by atoms with Crippen LogP contribution in [-0.4, -0.2) is 11.3 Å². The number of nitrogens with zero attached hydrogens (tertiary/aromatic N) is 1. The Morgan fingerprint density at radius 3 is 1.92 bits per heavy atom. The average molecular weight is 426 g/mol. The molecule has 1 heterocycles. The predicted octanol–water partition coefficient (Wildman–Crippen LogP) is 6.70. The molecule has 0 aliphatic heterocycles. The van der Waals surface area contributed by atoms with Gasteiger partial charge in [-0.3, -0.25) is 0 Å². The standard InChI is InChI=1S/C13H5Cl3F6N2O/c14-8-7(12(17,18)19)10(16)24-11(9(8)15)23-5-1-3-6(4-2-5)25-13(20,21)22/h1-4H,(H,23,24). The van der Waals surface area contributed by atoms with Gasteiger partial charge in [-0.2, -0.15) is 13.2 Å². The summed E-state index contributed by atoms with van der Waals surface area (Å²) in [4.78, 5) is 3.48. The van der Waals surface area contributed by atoms with E-state index in [4.69, 9.17) is 34.8 Å². The van der Waals surface area contributed by atoms with Gasteiger partial charge in [0.2, 0.25) is 0 Å². The molecule has 1 aromatic heterocycles. The highest BCUT2D eigenvalue weighted by molar-refractivity contribution is 6.45. The molecule has 136 valence electrons. The molecule has 0 amide bonds. The van der Waals surface area contributed by atoms with Crippen LogP contribution in [0.4, 0.5) is 37.8 Å². The second-order valence-corrected chi connectivity index (χ2v) is 5.56. The first-order valence-corrected chi connectivity index (χ1v) is 7.26. The molecular formula is C13H5Cl3F6N2O. The lowest BCUT2D eigenvalue weighted by molar-refractivity contribution is -0.274. The SMILES string of the molecule is FC(F)(F)Oc1ccc(Nc2nc(Cl)c(C(F)(F)F)c(Cl)c2Cl)cc1. The largest absolute Gasteiger partial charge is 0.573 e. The van der Waals surface area contributed by atoms with Gasteiger partial charge in [0.25, 0.3) is 0 Å². The van der Waals surface area contributed by atoms with E-state index < -0.39 is 39.0 Å². The lowest BCUT2D eigenvalue weighted by Crippen LogP contribution is -2.17. The molecule has 0 spiro atoms. The summed E-state index contributed by atoms with van der Waals surface area (Å²) in [5, 5.41) is 0.177. The summed E-state index contributed by atoms with van der Waals surface area (Å²) in [6.07, 6.45) is -9.71. The topological polar surface area (TPSA) is 34.1 Å². The summed E-state index contributed by atoms with van der Waals surface area (Å²) < 4.78 is 78.4. The van der Waals surface area contributed by atoms with Crippen molar-refractivity contribution in [2.24, 2.45) is 0 Å². The molecular weight excluding hydrogens is 421 g/mol. The monoisotopic (exact) mass is 424 g/mol. The van der Waals surface area contributed by atoms with Crippen LogP contribution in [0.1, 0.15) is 5.56 Å². The zero-order valence-electron chi connectivity index (χ0n) is 11.6. The molecule has 0 atom stereocenters. The van der Waals surface area contributed by atoms with Gasteiger partial charge in [0, 0.05) is 5.69 Å². The van der Waals surface area contributed by atoms with Gasteiger partial charge in [-0.05, 0) is 24.3 Å². The van der Waals surface area contributed by atoms with Crippen LogP contribution in [0.25, 0.3) is 0 Å². The van der Waals surface area contributed by atoms with Crippen LogP contribution in [0.3, 0.4) is 0 Å². The first-order valence-electron chi connectivity index (χ1n) is 6.13. The number of aromatic nitrogens is 1. The van der Waals surface area contributed by atoms with E-state index in [0.29, 0.717) is 0 Å².